The lowest BCUT2D eigenvalue weighted by Crippen LogP contribution is -2.35. The summed E-state index contributed by atoms with van der Waals surface area (Å²) < 4.78 is 12.8. The Morgan fingerprint density at radius 2 is 2.21 bits per heavy atom. The van der Waals surface area contributed by atoms with E-state index in [1.807, 2.05) is 6.92 Å². The van der Waals surface area contributed by atoms with Crippen molar-refractivity contribution in [2.75, 3.05) is 11.5 Å². The van der Waals surface area contributed by atoms with Crippen molar-refractivity contribution in [2.45, 2.75) is 37.6 Å². The van der Waals surface area contributed by atoms with Crippen LogP contribution in [-0.4, -0.2) is 21.9 Å². The first-order valence-electron chi connectivity index (χ1n) is 6.16. The van der Waals surface area contributed by atoms with Crippen molar-refractivity contribution in [3.8, 4) is 0 Å². The van der Waals surface area contributed by atoms with Crippen LogP contribution in [0.5, 0.6) is 0 Å². The zero-order valence-corrected chi connectivity index (χ0v) is 13.5. The highest BCUT2D eigenvalue weighted by Gasteiger charge is 2.14. The predicted octanol–water partition coefficient (Wildman–Crippen LogP) is 2.44. The molecule has 1 rings (SSSR count). The molecule has 0 spiro atoms. The fourth-order valence-corrected chi connectivity index (χ4v) is 3.63. The maximum atomic E-state index is 12.1. The molecule has 0 aliphatic carbocycles. The number of halogens is 1. The quantitative estimate of drug-likeness (QED) is 0.777. The molecule has 1 amide bonds. The molecular formula is C13H19BrN2O2S. The normalized spacial score (nSPS) is 13.8. The van der Waals surface area contributed by atoms with Crippen LogP contribution in [0.4, 0.5) is 5.69 Å². The smallest absolute Gasteiger partial charge is 0.233 e. The van der Waals surface area contributed by atoms with Gasteiger partial charge in [-0.1, -0.05) is 13.3 Å². The minimum atomic E-state index is -1.37. The number of carbonyl (C=O) groups is 1. The van der Waals surface area contributed by atoms with Crippen LogP contribution in [0.3, 0.4) is 0 Å². The van der Waals surface area contributed by atoms with E-state index in [-0.39, 0.29) is 17.7 Å². The lowest BCUT2D eigenvalue weighted by Gasteiger charge is -2.12. The summed E-state index contributed by atoms with van der Waals surface area (Å²) in [5.74, 6) is -0.223. The van der Waals surface area contributed by atoms with E-state index in [0.29, 0.717) is 15.1 Å². The van der Waals surface area contributed by atoms with Gasteiger partial charge in [0.1, 0.15) is 5.75 Å². The first-order chi connectivity index (χ1) is 8.93. The van der Waals surface area contributed by atoms with Gasteiger partial charge >= 0.3 is 0 Å². The number of carbonyl (C=O) groups excluding carboxylic acids is 1. The Labute approximate surface area is 124 Å². The molecule has 0 bridgehead atoms. The van der Waals surface area contributed by atoms with Gasteiger partial charge in [-0.25, -0.2) is 0 Å². The van der Waals surface area contributed by atoms with Crippen LogP contribution in [-0.2, 0) is 15.6 Å². The molecule has 0 saturated heterocycles. The van der Waals surface area contributed by atoms with Crippen molar-refractivity contribution >= 4 is 38.3 Å². The number of amides is 1. The highest BCUT2D eigenvalue weighted by Crippen LogP contribution is 2.23. The van der Waals surface area contributed by atoms with E-state index in [1.54, 1.807) is 18.2 Å². The van der Waals surface area contributed by atoms with Gasteiger partial charge in [0, 0.05) is 16.2 Å². The third-order valence-electron chi connectivity index (χ3n) is 2.59. The summed E-state index contributed by atoms with van der Waals surface area (Å²) in [5.41, 5.74) is 6.21. The van der Waals surface area contributed by atoms with Crippen LogP contribution in [0.1, 0.15) is 26.7 Å². The van der Waals surface area contributed by atoms with Crippen LogP contribution in [0.25, 0.3) is 0 Å². The van der Waals surface area contributed by atoms with Gasteiger partial charge < -0.3 is 11.1 Å². The molecule has 1 aromatic carbocycles. The minimum absolute atomic E-state index is 0.0312. The van der Waals surface area contributed by atoms with Crippen molar-refractivity contribution in [3.63, 3.8) is 0 Å². The number of hydrogen-bond donors (Lipinski definition) is 2. The van der Waals surface area contributed by atoms with Crippen LogP contribution >= 0.6 is 15.9 Å². The second kappa shape index (κ2) is 7.65. The summed E-state index contributed by atoms with van der Waals surface area (Å²) in [5, 5.41) is 2.84. The van der Waals surface area contributed by atoms with Gasteiger partial charge in [0.25, 0.3) is 0 Å². The average Bonchev–Trinajstić information content (AvgIpc) is 2.28. The van der Waals surface area contributed by atoms with Gasteiger partial charge in [0.2, 0.25) is 5.91 Å². The largest absolute Gasteiger partial charge is 0.399 e. The van der Waals surface area contributed by atoms with E-state index in [0.717, 1.165) is 12.8 Å². The first-order valence-corrected chi connectivity index (χ1v) is 8.28. The molecule has 0 radical (unpaired) electrons. The van der Waals surface area contributed by atoms with Crippen molar-refractivity contribution in [3.05, 3.63) is 22.7 Å². The molecule has 0 aliphatic heterocycles. The van der Waals surface area contributed by atoms with Crippen molar-refractivity contribution in [2.24, 2.45) is 0 Å². The number of nitrogens with two attached hydrogens (primary N) is 1. The molecule has 0 aromatic heterocycles. The second-order valence-corrected chi connectivity index (χ2v) is 6.71. The third kappa shape index (κ3) is 5.32. The zero-order valence-electron chi connectivity index (χ0n) is 11.1. The molecule has 0 heterocycles. The van der Waals surface area contributed by atoms with Crippen molar-refractivity contribution < 1.29 is 9.00 Å². The van der Waals surface area contributed by atoms with Crippen molar-refractivity contribution in [1.82, 2.24) is 5.32 Å². The van der Waals surface area contributed by atoms with Gasteiger partial charge in [-0.05, 0) is 47.5 Å². The third-order valence-corrected chi connectivity index (χ3v) is 4.88. The molecule has 0 fully saturated rings. The Morgan fingerprint density at radius 1 is 1.53 bits per heavy atom. The SMILES string of the molecule is CCCC(C)NC(=O)CS(=O)c1ccc(N)cc1Br. The Hall–Kier alpha value is -0.880. The van der Waals surface area contributed by atoms with Gasteiger partial charge in [-0.2, -0.15) is 0 Å². The lowest BCUT2D eigenvalue weighted by atomic mass is 10.2. The fraction of sp³-hybridized carbons (Fsp3) is 0.462. The van der Waals surface area contributed by atoms with Crippen LogP contribution in [0, 0.1) is 0 Å². The Morgan fingerprint density at radius 3 is 2.79 bits per heavy atom. The minimum Gasteiger partial charge on any atom is -0.399 e. The van der Waals surface area contributed by atoms with E-state index in [2.05, 4.69) is 28.2 Å². The topological polar surface area (TPSA) is 72.2 Å². The molecule has 106 valence electrons. The van der Waals surface area contributed by atoms with E-state index >= 15 is 0 Å². The predicted molar refractivity (Wildman–Crippen MR) is 82.3 cm³/mol. The van der Waals surface area contributed by atoms with Gasteiger partial charge in [-0.15, -0.1) is 0 Å². The van der Waals surface area contributed by atoms with Gasteiger partial charge in [0.05, 0.1) is 15.7 Å². The summed E-state index contributed by atoms with van der Waals surface area (Å²) in [4.78, 5) is 12.3. The van der Waals surface area contributed by atoms with E-state index in [9.17, 15) is 9.00 Å². The van der Waals surface area contributed by atoms with Crippen molar-refractivity contribution in [1.29, 1.82) is 0 Å². The highest BCUT2D eigenvalue weighted by molar-refractivity contribution is 9.10. The number of nitrogens with one attached hydrogen (secondary N) is 1. The maximum Gasteiger partial charge on any atom is 0.233 e. The number of anilines is 1. The van der Waals surface area contributed by atoms with E-state index in [4.69, 9.17) is 5.73 Å². The van der Waals surface area contributed by atoms with E-state index < -0.39 is 10.8 Å². The standard InChI is InChI=1S/C13H19BrN2O2S/c1-3-4-9(2)16-13(17)8-19(18)12-6-5-10(15)7-11(12)14/h5-7,9H,3-4,8,15H2,1-2H3,(H,16,17). The van der Waals surface area contributed by atoms with Gasteiger partial charge in [-0.3, -0.25) is 9.00 Å². The molecule has 6 heteroatoms. The van der Waals surface area contributed by atoms with Crippen LogP contribution in [0.15, 0.2) is 27.6 Å². The Balaban J connectivity index is 2.62. The highest BCUT2D eigenvalue weighted by atomic mass is 79.9. The molecule has 3 N–H and O–H groups in total. The average molecular weight is 347 g/mol. The fourth-order valence-electron chi connectivity index (χ4n) is 1.72. The molecule has 0 saturated carbocycles. The van der Waals surface area contributed by atoms with Crippen LogP contribution < -0.4 is 11.1 Å². The number of nitrogen functional groups attached to an aromatic ring is 1. The van der Waals surface area contributed by atoms with Crippen LogP contribution in [0.2, 0.25) is 0 Å². The molecule has 19 heavy (non-hydrogen) atoms. The molecular weight excluding hydrogens is 328 g/mol. The molecule has 2 unspecified atom stereocenters. The monoisotopic (exact) mass is 346 g/mol. The lowest BCUT2D eigenvalue weighted by molar-refractivity contribution is -0.119. The summed E-state index contributed by atoms with van der Waals surface area (Å²) in [7, 11) is -1.37. The number of rotatable bonds is 6. The first kappa shape index (κ1) is 16.2. The molecule has 4 nitrogen and oxygen atoms in total. The summed E-state index contributed by atoms with van der Waals surface area (Å²) >= 11 is 3.31. The number of hydrogen-bond acceptors (Lipinski definition) is 3. The summed E-state index contributed by atoms with van der Waals surface area (Å²) in [6.07, 6.45) is 1.93. The summed E-state index contributed by atoms with van der Waals surface area (Å²) in [6.45, 7) is 4.01. The Bertz CT molecular complexity index is 480. The zero-order chi connectivity index (χ0) is 14.4. The summed E-state index contributed by atoms with van der Waals surface area (Å²) in [6, 6.07) is 5.16. The Kier molecular flexibility index (Phi) is 6.51. The molecule has 0 aliphatic rings. The maximum absolute atomic E-state index is 12.1. The second-order valence-electron chi connectivity index (χ2n) is 4.44. The number of benzene rings is 1. The van der Waals surface area contributed by atoms with Gasteiger partial charge in [0.15, 0.2) is 0 Å². The van der Waals surface area contributed by atoms with E-state index in [1.165, 1.54) is 0 Å². The molecule has 2 atom stereocenters. The molecule has 1 aromatic rings.